The maximum absolute atomic E-state index is 12.8. The van der Waals surface area contributed by atoms with Crippen molar-refractivity contribution in [3.63, 3.8) is 0 Å². The average Bonchev–Trinajstić information content (AvgIpc) is 2.92. The quantitative estimate of drug-likeness (QED) is 0.706. The maximum Gasteiger partial charge on any atom is 0.465 e. The standard InChI is InChI=1S/C20H30BNO4/c1-17(2)18(3,4)26-21(25-17)13-6-7-14-15(12-13)22-16(23)20(14)10-8-19(5,24)9-11-20/h6-7,13,24H,8-12H2,1-5H3,(H,22,23). The minimum atomic E-state index is -0.654. The van der Waals surface area contributed by atoms with Crippen LogP contribution in [0.5, 0.6) is 0 Å². The molecular formula is C20H30BNO4. The van der Waals surface area contributed by atoms with Crippen LogP contribution in [0.25, 0.3) is 0 Å². The summed E-state index contributed by atoms with van der Waals surface area (Å²) in [5, 5.41) is 13.4. The Kier molecular flexibility index (Phi) is 3.84. The molecule has 0 aromatic carbocycles. The lowest BCUT2D eigenvalue weighted by Gasteiger charge is -2.40. The molecule has 4 rings (SSSR count). The van der Waals surface area contributed by atoms with Gasteiger partial charge in [-0.15, -0.1) is 0 Å². The van der Waals surface area contributed by atoms with Crippen LogP contribution in [-0.4, -0.2) is 34.9 Å². The van der Waals surface area contributed by atoms with E-state index in [9.17, 15) is 9.90 Å². The molecule has 1 atom stereocenters. The second-order valence-corrected chi connectivity index (χ2v) is 9.78. The Morgan fingerprint density at radius 2 is 1.65 bits per heavy atom. The van der Waals surface area contributed by atoms with Gasteiger partial charge in [-0.2, -0.15) is 0 Å². The van der Waals surface area contributed by atoms with Crippen LogP contribution in [-0.2, 0) is 14.1 Å². The zero-order valence-corrected chi connectivity index (χ0v) is 16.5. The van der Waals surface area contributed by atoms with E-state index in [0.717, 1.165) is 17.7 Å². The first-order valence-corrected chi connectivity index (χ1v) is 9.77. The van der Waals surface area contributed by atoms with Crippen molar-refractivity contribution in [3.05, 3.63) is 23.4 Å². The fourth-order valence-corrected chi connectivity index (χ4v) is 4.64. The number of hydrogen-bond acceptors (Lipinski definition) is 4. The van der Waals surface area contributed by atoms with Crippen molar-refractivity contribution >= 4 is 13.0 Å². The van der Waals surface area contributed by atoms with E-state index in [-0.39, 0.29) is 30.0 Å². The van der Waals surface area contributed by atoms with Crippen molar-refractivity contribution in [2.45, 2.75) is 89.3 Å². The van der Waals surface area contributed by atoms with E-state index < -0.39 is 11.0 Å². The van der Waals surface area contributed by atoms with Crippen LogP contribution in [0, 0.1) is 5.41 Å². The summed E-state index contributed by atoms with van der Waals surface area (Å²) in [6.07, 6.45) is 7.71. The van der Waals surface area contributed by atoms with Gasteiger partial charge in [0.1, 0.15) is 0 Å². The van der Waals surface area contributed by atoms with Crippen LogP contribution in [0.2, 0.25) is 5.82 Å². The molecule has 142 valence electrons. The molecule has 2 aliphatic carbocycles. The van der Waals surface area contributed by atoms with Crippen LogP contribution in [0.3, 0.4) is 0 Å². The molecule has 2 heterocycles. The molecule has 0 radical (unpaired) electrons. The molecule has 5 nitrogen and oxygen atoms in total. The van der Waals surface area contributed by atoms with Gasteiger partial charge in [-0.3, -0.25) is 4.79 Å². The Bertz CT molecular complexity index is 681. The first-order chi connectivity index (χ1) is 12.0. The minimum absolute atomic E-state index is 0.0944. The van der Waals surface area contributed by atoms with E-state index in [1.165, 1.54) is 0 Å². The molecule has 1 saturated carbocycles. The van der Waals surface area contributed by atoms with Crippen molar-refractivity contribution < 1.29 is 19.2 Å². The molecule has 1 amide bonds. The Balaban J connectivity index is 1.54. The Morgan fingerprint density at radius 1 is 1.08 bits per heavy atom. The lowest BCUT2D eigenvalue weighted by molar-refractivity contribution is -0.130. The molecule has 0 aromatic heterocycles. The Morgan fingerprint density at radius 3 is 2.23 bits per heavy atom. The molecule has 4 aliphatic rings. The predicted molar refractivity (Wildman–Crippen MR) is 100 cm³/mol. The fraction of sp³-hybridized carbons (Fsp3) is 0.750. The minimum Gasteiger partial charge on any atom is -0.403 e. The Labute approximate surface area is 156 Å². The van der Waals surface area contributed by atoms with E-state index in [2.05, 4.69) is 45.2 Å². The first kappa shape index (κ1) is 18.3. The highest BCUT2D eigenvalue weighted by Gasteiger charge is 2.56. The molecule has 0 bridgehead atoms. The van der Waals surface area contributed by atoms with Crippen LogP contribution in [0.1, 0.15) is 66.7 Å². The van der Waals surface area contributed by atoms with Crippen LogP contribution in [0.4, 0.5) is 0 Å². The van der Waals surface area contributed by atoms with Gasteiger partial charge < -0.3 is 19.7 Å². The van der Waals surface area contributed by atoms with Gasteiger partial charge in [0.2, 0.25) is 5.91 Å². The summed E-state index contributed by atoms with van der Waals surface area (Å²) in [6.45, 7) is 10.1. The second-order valence-electron chi connectivity index (χ2n) is 9.78. The van der Waals surface area contributed by atoms with Gasteiger partial charge in [-0.1, -0.05) is 12.2 Å². The van der Waals surface area contributed by atoms with E-state index in [1.54, 1.807) is 0 Å². The third-order valence-corrected chi connectivity index (χ3v) is 7.29. The molecule has 2 fully saturated rings. The highest BCUT2D eigenvalue weighted by molar-refractivity contribution is 6.48. The number of hydrogen-bond donors (Lipinski definition) is 2. The van der Waals surface area contributed by atoms with Crippen molar-refractivity contribution in [1.82, 2.24) is 5.32 Å². The second kappa shape index (κ2) is 5.46. The average molecular weight is 359 g/mol. The summed E-state index contributed by atoms with van der Waals surface area (Å²) in [4.78, 5) is 12.8. The number of rotatable bonds is 1. The summed E-state index contributed by atoms with van der Waals surface area (Å²) < 4.78 is 12.4. The monoisotopic (exact) mass is 359 g/mol. The molecule has 2 aliphatic heterocycles. The smallest absolute Gasteiger partial charge is 0.403 e. The van der Waals surface area contributed by atoms with Crippen LogP contribution < -0.4 is 5.32 Å². The van der Waals surface area contributed by atoms with E-state index in [1.807, 2.05) is 6.92 Å². The van der Waals surface area contributed by atoms with Gasteiger partial charge in [0.15, 0.2) is 0 Å². The summed E-state index contributed by atoms with van der Waals surface area (Å²) in [5.41, 5.74) is 0.308. The van der Waals surface area contributed by atoms with Gasteiger partial charge in [0, 0.05) is 11.5 Å². The van der Waals surface area contributed by atoms with Crippen molar-refractivity contribution in [1.29, 1.82) is 0 Å². The number of allylic oxidation sites excluding steroid dienone is 3. The lowest BCUT2D eigenvalue weighted by atomic mass is 9.62. The van der Waals surface area contributed by atoms with Gasteiger partial charge >= 0.3 is 7.12 Å². The predicted octanol–water partition coefficient (Wildman–Crippen LogP) is 3.10. The molecule has 26 heavy (non-hydrogen) atoms. The maximum atomic E-state index is 12.8. The van der Waals surface area contributed by atoms with Gasteiger partial charge in [-0.05, 0) is 72.3 Å². The van der Waals surface area contributed by atoms with E-state index in [0.29, 0.717) is 25.7 Å². The summed E-state index contributed by atoms with van der Waals surface area (Å²) >= 11 is 0. The topological polar surface area (TPSA) is 67.8 Å². The molecule has 2 N–H and O–H groups in total. The summed E-state index contributed by atoms with van der Waals surface area (Å²) in [7, 11) is -0.300. The highest BCUT2D eigenvalue weighted by atomic mass is 16.7. The van der Waals surface area contributed by atoms with Gasteiger partial charge in [0.25, 0.3) is 0 Å². The third-order valence-electron chi connectivity index (χ3n) is 7.29. The lowest BCUT2D eigenvalue weighted by Crippen LogP contribution is -2.42. The zero-order chi connectivity index (χ0) is 19.0. The molecular weight excluding hydrogens is 329 g/mol. The van der Waals surface area contributed by atoms with Gasteiger partial charge in [0.05, 0.1) is 22.2 Å². The normalized spacial score (nSPS) is 40.9. The number of fused-ring (bicyclic) bond motifs is 1. The number of carbonyl (C=O) groups is 1. The number of nitrogens with one attached hydrogen (secondary N) is 1. The number of amides is 1. The van der Waals surface area contributed by atoms with Crippen molar-refractivity contribution in [2.75, 3.05) is 0 Å². The van der Waals surface area contributed by atoms with Crippen molar-refractivity contribution in [3.8, 4) is 0 Å². The summed E-state index contributed by atoms with van der Waals surface area (Å²) in [5.74, 6) is 0.189. The van der Waals surface area contributed by atoms with Crippen LogP contribution in [0.15, 0.2) is 23.4 Å². The zero-order valence-electron chi connectivity index (χ0n) is 16.5. The highest BCUT2D eigenvalue weighted by Crippen LogP contribution is 2.53. The number of aliphatic hydroxyl groups is 1. The van der Waals surface area contributed by atoms with E-state index >= 15 is 0 Å². The number of carbonyl (C=O) groups excluding carboxylic acids is 1. The van der Waals surface area contributed by atoms with Gasteiger partial charge in [-0.25, -0.2) is 0 Å². The molecule has 0 aromatic rings. The molecule has 1 saturated heterocycles. The third kappa shape index (κ3) is 2.61. The molecule has 1 unspecified atom stereocenters. The Hall–Kier alpha value is -1.11. The van der Waals surface area contributed by atoms with Crippen LogP contribution >= 0.6 is 0 Å². The van der Waals surface area contributed by atoms with E-state index in [4.69, 9.17) is 9.31 Å². The SMILES string of the molecule is CC1(O)CCC2(CC1)C(=O)NC1=C2C=CC(B2OC(C)(C)C(C)(C)O2)C1. The first-order valence-electron chi connectivity index (χ1n) is 9.77. The largest absolute Gasteiger partial charge is 0.465 e. The molecule has 6 heteroatoms. The van der Waals surface area contributed by atoms with Crippen molar-refractivity contribution in [2.24, 2.45) is 5.41 Å². The summed E-state index contributed by atoms with van der Waals surface area (Å²) in [6, 6.07) is 0. The molecule has 1 spiro atoms. The fourth-order valence-electron chi connectivity index (χ4n) is 4.64.